The van der Waals surface area contributed by atoms with Gasteiger partial charge < -0.3 is 10.6 Å². The van der Waals surface area contributed by atoms with E-state index in [1.54, 1.807) is 0 Å². The van der Waals surface area contributed by atoms with E-state index in [1.165, 1.54) is 24.0 Å². The zero-order chi connectivity index (χ0) is 22.7. The molecule has 0 aliphatic carbocycles. The topological polar surface area (TPSA) is 46.3 Å². The molecule has 3 nitrogen and oxygen atoms in total. The Morgan fingerprint density at radius 1 is 0.875 bits per heavy atom. The van der Waals surface area contributed by atoms with Crippen molar-refractivity contribution in [2.75, 3.05) is 7.05 Å². The molecular weight excluding hydrogens is 392 g/mol. The molecule has 0 saturated heterocycles. The van der Waals surface area contributed by atoms with E-state index < -0.39 is 6.04 Å². The first-order valence-electron chi connectivity index (χ1n) is 11.9. The van der Waals surface area contributed by atoms with Gasteiger partial charge in [0, 0.05) is 7.05 Å². The minimum Gasteiger partial charge on any atom is -0.385 e. The second kappa shape index (κ2) is 9.60. The summed E-state index contributed by atoms with van der Waals surface area (Å²) in [6.07, 6.45) is 6.83. The van der Waals surface area contributed by atoms with Gasteiger partial charge in [0.05, 0.1) is 5.57 Å². The lowest BCUT2D eigenvalue weighted by Crippen LogP contribution is -2.25. The van der Waals surface area contributed by atoms with Crippen LogP contribution < -0.4 is 5.73 Å². The molecule has 0 aromatic heterocycles. The van der Waals surface area contributed by atoms with Gasteiger partial charge in [0.25, 0.3) is 0 Å². The van der Waals surface area contributed by atoms with Gasteiger partial charge in [-0.05, 0) is 58.7 Å². The van der Waals surface area contributed by atoms with Crippen molar-refractivity contribution in [3.05, 3.63) is 88.7 Å². The largest absolute Gasteiger partial charge is 0.385 e. The Kier molecular flexibility index (Phi) is 6.64. The Morgan fingerprint density at radius 2 is 1.56 bits per heavy atom. The first-order chi connectivity index (χ1) is 15.6. The molecule has 3 aromatic carbocycles. The number of aryl methyl sites for hydroxylation is 2. The lowest BCUT2D eigenvalue weighted by Gasteiger charge is -2.23. The number of fused-ring (bicyclic) bond motifs is 1. The number of rotatable bonds is 8. The van der Waals surface area contributed by atoms with E-state index in [1.807, 2.05) is 30.1 Å². The highest BCUT2D eigenvalue weighted by Crippen LogP contribution is 2.40. The number of nitrogens with zero attached hydrogens (tertiary/aromatic N) is 1. The molecule has 0 saturated carbocycles. The molecule has 1 aliphatic rings. The molecule has 1 aliphatic heterocycles. The number of carbonyl (C=O) groups is 1. The zero-order valence-corrected chi connectivity index (χ0v) is 19.5. The third-order valence-electron chi connectivity index (χ3n) is 6.73. The van der Waals surface area contributed by atoms with Gasteiger partial charge in [-0.25, -0.2) is 0 Å². The van der Waals surface area contributed by atoms with Crippen LogP contribution in [0.25, 0.3) is 16.3 Å². The minimum absolute atomic E-state index is 0.0871. The van der Waals surface area contributed by atoms with E-state index in [0.717, 1.165) is 47.6 Å². The van der Waals surface area contributed by atoms with Crippen molar-refractivity contribution < 1.29 is 4.79 Å². The summed E-state index contributed by atoms with van der Waals surface area (Å²) < 4.78 is 0. The van der Waals surface area contributed by atoms with Crippen LogP contribution in [0.4, 0.5) is 0 Å². The summed E-state index contributed by atoms with van der Waals surface area (Å²) in [6.45, 7) is 4.45. The molecule has 1 atom stereocenters. The number of Topliss-reactive ketones (excluding diaryl/α,β-unsaturated/α-hetero) is 1. The summed E-state index contributed by atoms with van der Waals surface area (Å²) in [4.78, 5) is 15.7. The second-order valence-corrected chi connectivity index (χ2v) is 8.90. The van der Waals surface area contributed by atoms with Gasteiger partial charge in [-0.1, -0.05) is 87.4 Å². The van der Waals surface area contributed by atoms with E-state index >= 15 is 0 Å². The fourth-order valence-electron chi connectivity index (χ4n) is 4.88. The van der Waals surface area contributed by atoms with Crippen LogP contribution in [-0.4, -0.2) is 17.7 Å². The molecule has 3 heteroatoms. The maximum Gasteiger partial charge on any atom is 0.194 e. The van der Waals surface area contributed by atoms with Crippen molar-refractivity contribution in [2.45, 2.75) is 58.4 Å². The Balaban J connectivity index is 1.73. The smallest absolute Gasteiger partial charge is 0.194 e. The summed E-state index contributed by atoms with van der Waals surface area (Å²) >= 11 is 0. The molecular formula is C29H34N2O. The van der Waals surface area contributed by atoms with Crippen LogP contribution in [-0.2, 0) is 17.6 Å². The molecule has 0 bridgehead atoms. The predicted molar refractivity (Wildman–Crippen MR) is 134 cm³/mol. The molecule has 0 amide bonds. The highest BCUT2D eigenvalue weighted by Gasteiger charge is 2.38. The zero-order valence-electron chi connectivity index (χ0n) is 19.5. The highest BCUT2D eigenvalue weighted by molar-refractivity contribution is 6.26. The lowest BCUT2D eigenvalue weighted by molar-refractivity contribution is -0.116. The van der Waals surface area contributed by atoms with Crippen molar-refractivity contribution in [1.82, 2.24) is 4.90 Å². The Hall–Kier alpha value is -3.07. The standard InChI is InChI=1S/C29H34N2O/c1-4-6-11-20-17-18-23(19-22(20)12-7-5-2)26-28(32)27(31(3)29(26)30)25-16-10-14-21-13-8-9-15-24(21)25/h8-10,13-19,27H,4-7,11-12,30H2,1-3H3. The average molecular weight is 427 g/mol. The Bertz CT molecular complexity index is 1160. The monoisotopic (exact) mass is 426 g/mol. The molecule has 0 fully saturated rings. The van der Waals surface area contributed by atoms with Crippen molar-refractivity contribution in [3.63, 3.8) is 0 Å². The van der Waals surface area contributed by atoms with E-state index in [2.05, 4.69) is 56.3 Å². The van der Waals surface area contributed by atoms with E-state index in [4.69, 9.17) is 5.73 Å². The minimum atomic E-state index is -0.394. The first-order valence-corrected chi connectivity index (χ1v) is 11.9. The number of benzene rings is 3. The van der Waals surface area contributed by atoms with Crippen LogP contribution in [0.1, 0.15) is 67.8 Å². The molecule has 1 unspecified atom stereocenters. The van der Waals surface area contributed by atoms with E-state index in [-0.39, 0.29) is 5.78 Å². The average Bonchev–Trinajstić information content (AvgIpc) is 3.04. The summed E-state index contributed by atoms with van der Waals surface area (Å²) in [6, 6.07) is 20.5. The Morgan fingerprint density at radius 3 is 2.31 bits per heavy atom. The van der Waals surface area contributed by atoms with E-state index in [0.29, 0.717) is 11.4 Å². The molecule has 0 spiro atoms. The normalized spacial score (nSPS) is 16.4. The van der Waals surface area contributed by atoms with Gasteiger partial charge in [-0.3, -0.25) is 4.79 Å². The maximum atomic E-state index is 13.8. The summed E-state index contributed by atoms with van der Waals surface area (Å²) in [5.74, 6) is 0.653. The van der Waals surface area contributed by atoms with E-state index in [9.17, 15) is 4.79 Å². The van der Waals surface area contributed by atoms with Gasteiger partial charge in [0.2, 0.25) is 0 Å². The van der Waals surface area contributed by atoms with Crippen molar-refractivity contribution in [3.8, 4) is 0 Å². The van der Waals surface area contributed by atoms with Gasteiger partial charge in [0.15, 0.2) is 5.78 Å². The van der Waals surface area contributed by atoms with Crippen molar-refractivity contribution in [2.24, 2.45) is 5.73 Å². The van der Waals surface area contributed by atoms with Crippen LogP contribution in [0.2, 0.25) is 0 Å². The quantitative estimate of drug-likeness (QED) is 0.453. The molecule has 3 aromatic rings. The Labute approximate surface area is 191 Å². The molecule has 0 radical (unpaired) electrons. The number of carbonyl (C=O) groups excluding carboxylic acids is 1. The van der Waals surface area contributed by atoms with Gasteiger partial charge in [-0.2, -0.15) is 0 Å². The molecule has 1 heterocycles. The SMILES string of the molecule is CCCCc1ccc(C2=C(N)N(C)C(c3cccc4ccccc34)C2=O)cc1CCCC. The number of likely N-dealkylation sites (N-methyl/N-ethyl adjacent to an activating group) is 1. The fourth-order valence-corrected chi connectivity index (χ4v) is 4.88. The summed E-state index contributed by atoms with van der Waals surface area (Å²) in [5, 5.41) is 2.24. The third-order valence-corrected chi connectivity index (χ3v) is 6.73. The van der Waals surface area contributed by atoms with Gasteiger partial charge in [-0.15, -0.1) is 0 Å². The summed E-state index contributed by atoms with van der Waals surface area (Å²) in [5.41, 5.74) is 12.0. The fraction of sp³-hybridized carbons (Fsp3) is 0.345. The van der Waals surface area contributed by atoms with Crippen molar-refractivity contribution >= 4 is 22.1 Å². The van der Waals surface area contributed by atoms with Crippen LogP contribution in [0.15, 0.2) is 66.5 Å². The van der Waals surface area contributed by atoms with Crippen LogP contribution in [0, 0.1) is 0 Å². The maximum absolute atomic E-state index is 13.8. The molecule has 2 N–H and O–H groups in total. The van der Waals surface area contributed by atoms with Crippen LogP contribution in [0.5, 0.6) is 0 Å². The molecule has 32 heavy (non-hydrogen) atoms. The van der Waals surface area contributed by atoms with Gasteiger partial charge in [0.1, 0.15) is 11.9 Å². The second-order valence-electron chi connectivity index (χ2n) is 8.90. The number of ketones is 1. The molecule has 166 valence electrons. The molecule has 4 rings (SSSR count). The summed E-state index contributed by atoms with van der Waals surface area (Å²) in [7, 11) is 1.93. The van der Waals surface area contributed by atoms with Crippen molar-refractivity contribution in [1.29, 1.82) is 0 Å². The first kappa shape index (κ1) is 22.1. The third kappa shape index (κ3) is 4.04. The van der Waals surface area contributed by atoms with Crippen LogP contribution >= 0.6 is 0 Å². The van der Waals surface area contributed by atoms with Crippen LogP contribution in [0.3, 0.4) is 0 Å². The predicted octanol–water partition coefficient (Wildman–Crippen LogP) is 6.41. The van der Waals surface area contributed by atoms with Gasteiger partial charge >= 0.3 is 0 Å². The number of unbranched alkanes of at least 4 members (excludes halogenated alkanes) is 2. The number of nitrogens with two attached hydrogens (primary N) is 1. The number of hydrogen-bond acceptors (Lipinski definition) is 3. The highest BCUT2D eigenvalue weighted by atomic mass is 16.1. The number of hydrogen-bond donors (Lipinski definition) is 1. The lowest BCUT2D eigenvalue weighted by atomic mass is 9.90.